The van der Waals surface area contributed by atoms with Crippen molar-refractivity contribution in [3.8, 4) is 22.8 Å². The second-order valence-corrected chi connectivity index (χ2v) is 20.1. The van der Waals surface area contributed by atoms with Gasteiger partial charge < -0.3 is 24.6 Å². The van der Waals surface area contributed by atoms with Crippen molar-refractivity contribution >= 4 is 50.3 Å². The smallest absolute Gasteiger partial charge is 0.259 e. The van der Waals surface area contributed by atoms with Crippen molar-refractivity contribution in [3.63, 3.8) is 0 Å². The number of pyridine rings is 1. The highest BCUT2D eigenvalue weighted by molar-refractivity contribution is 7.91. The monoisotopic (exact) mass is 839 g/mol. The fraction of sp³-hybridized carbons (Fsp3) is 0.511. The zero-order chi connectivity index (χ0) is 42.7. The third-order valence-corrected chi connectivity index (χ3v) is 14.8. The first-order chi connectivity index (χ1) is 28.5. The number of sulfonamides is 1. The van der Waals surface area contributed by atoms with Crippen molar-refractivity contribution in [3.05, 3.63) is 67.3 Å². The van der Waals surface area contributed by atoms with Crippen LogP contribution in [0.4, 0.5) is 0 Å². The Morgan fingerprint density at radius 3 is 2.33 bits per heavy atom. The number of carbonyl (C=O) groups is 5. The highest BCUT2D eigenvalue weighted by atomic mass is 32.2. The molecule has 2 N–H and O–H groups in total. The largest absolute Gasteiger partial charge is 0.497 e. The van der Waals surface area contributed by atoms with Gasteiger partial charge in [0.25, 0.3) is 5.91 Å². The first-order valence-corrected chi connectivity index (χ1v) is 22.4. The zero-order valence-corrected chi connectivity index (χ0v) is 35.3. The number of fused-ring (bicyclic) bond motifs is 3. The molecule has 0 radical (unpaired) electrons. The SMILES string of the molecule is C=CC1C[C@]1(NC(=O)[C@@H]1C[C@@H](Oc2cc(-c3ccccc3)nc3cc(OC)ccc23)CN1C(=O)[C@@H](CC(=O)N1C2CCC1CC(=O)C2)C(C)(C)C)C(=O)NS(=O)(=O)C1CC1. The molecule has 318 valence electrons. The molecule has 2 saturated carbocycles. The summed E-state index contributed by atoms with van der Waals surface area (Å²) in [6.07, 6.45) is 3.90. The van der Waals surface area contributed by atoms with E-state index in [2.05, 4.69) is 16.6 Å². The molecule has 3 saturated heterocycles. The van der Waals surface area contributed by atoms with Crippen LogP contribution in [0.5, 0.6) is 11.5 Å². The number of nitrogens with zero attached hydrogens (tertiary/aromatic N) is 3. The quantitative estimate of drug-likeness (QED) is 0.229. The number of carbonyl (C=O) groups excluding carboxylic acids is 5. The standard InChI is InChI=1S/C45H53N5O9S/c1-6-27-24-45(27,43(55)48-60(56,57)33-15-16-33)47-41(53)38-21-32(59-39-23-36(26-10-8-7-9-11-26)46-37-20-31(58-5)14-17-34(37)39)25-49(38)42(54)35(44(2,3)4)22-40(52)50-28-12-13-29(50)19-30(51)18-28/h6-11,14,17,20,23,27-29,32-33,35,38H,1,12-13,15-16,18-19,21-22,24-25H2,2-5H3,(H,47,53)(H,48,55)/t27?,28?,29?,32-,35-,38+,45-/m1/s1. The molecule has 2 bridgehead atoms. The van der Waals surface area contributed by atoms with E-state index in [1.165, 1.54) is 11.0 Å². The summed E-state index contributed by atoms with van der Waals surface area (Å²) >= 11 is 0. The van der Waals surface area contributed by atoms with Crippen molar-refractivity contribution in [2.75, 3.05) is 13.7 Å². The van der Waals surface area contributed by atoms with Crippen molar-refractivity contribution < 1.29 is 41.9 Å². The van der Waals surface area contributed by atoms with Gasteiger partial charge in [-0.15, -0.1) is 6.58 Å². The minimum atomic E-state index is -3.92. The predicted octanol–water partition coefficient (Wildman–Crippen LogP) is 4.70. The summed E-state index contributed by atoms with van der Waals surface area (Å²) in [5.74, 6) is -2.23. The van der Waals surface area contributed by atoms with Gasteiger partial charge in [-0.1, -0.05) is 57.2 Å². The Hall–Kier alpha value is -5.31. The number of likely N-dealkylation sites (tertiary alicyclic amines) is 1. The fourth-order valence-corrected chi connectivity index (χ4v) is 10.7. The Morgan fingerprint density at radius 1 is 1.02 bits per heavy atom. The zero-order valence-electron chi connectivity index (χ0n) is 34.5. The molecular formula is C45H53N5O9S. The van der Waals surface area contributed by atoms with Gasteiger partial charge in [0.15, 0.2) is 0 Å². The van der Waals surface area contributed by atoms with Gasteiger partial charge in [0.2, 0.25) is 27.7 Å². The fourth-order valence-electron chi connectivity index (χ4n) is 9.35. The minimum Gasteiger partial charge on any atom is -0.497 e. The number of benzene rings is 2. The number of nitrogens with one attached hydrogen (secondary N) is 2. The second-order valence-electron chi connectivity index (χ2n) is 18.2. The van der Waals surface area contributed by atoms with Crippen LogP contribution in [0.3, 0.4) is 0 Å². The number of amides is 4. The van der Waals surface area contributed by atoms with Gasteiger partial charge in [0, 0.05) is 66.8 Å². The number of hydrogen-bond donors (Lipinski definition) is 2. The Bertz CT molecular complexity index is 2340. The van der Waals surface area contributed by atoms with Crippen LogP contribution in [0, 0.1) is 17.3 Å². The number of ether oxygens (including phenoxy) is 2. The van der Waals surface area contributed by atoms with Crippen molar-refractivity contribution in [2.24, 2.45) is 17.3 Å². The number of rotatable bonds is 13. The summed E-state index contributed by atoms with van der Waals surface area (Å²) in [4.78, 5) is 78.0. The molecule has 3 aliphatic heterocycles. The van der Waals surface area contributed by atoms with E-state index in [0.717, 1.165) is 18.4 Å². The summed E-state index contributed by atoms with van der Waals surface area (Å²) in [5.41, 5.74) is -0.173. The molecular weight excluding hydrogens is 787 g/mol. The Balaban J connectivity index is 1.12. The molecule has 5 fully saturated rings. The lowest BCUT2D eigenvalue weighted by Gasteiger charge is -2.38. The minimum absolute atomic E-state index is 0.0120. The first-order valence-electron chi connectivity index (χ1n) is 20.9. The van der Waals surface area contributed by atoms with E-state index in [1.54, 1.807) is 13.2 Å². The van der Waals surface area contributed by atoms with Crippen LogP contribution in [-0.2, 0) is 34.0 Å². The van der Waals surface area contributed by atoms with Crippen LogP contribution in [0.1, 0.15) is 78.6 Å². The third kappa shape index (κ3) is 8.00. The topological polar surface area (TPSA) is 181 Å². The first kappa shape index (κ1) is 41.4. The van der Waals surface area contributed by atoms with E-state index in [0.29, 0.717) is 53.8 Å². The molecule has 3 aromatic rings. The molecule has 5 aliphatic rings. The van der Waals surface area contributed by atoms with Crippen LogP contribution < -0.4 is 19.5 Å². The predicted molar refractivity (Wildman–Crippen MR) is 223 cm³/mol. The van der Waals surface area contributed by atoms with Crippen molar-refractivity contribution in [1.29, 1.82) is 0 Å². The molecule has 1 aromatic heterocycles. The van der Waals surface area contributed by atoms with Crippen LogP contribution in [0.2, 0.25) is 0 Å². The highest BCUT2D eigenvalue weighted by Crippen LogP contribution is 2.46. The van der Waals surface area contributed by atoms with Crippen LogP contribution in [-0.4, -0.2) is 101 Å². The van der Waals surface area contributed by atoms with Gasteiger partial charge in [0.05, 0.1) is 36.0 Å². The van der Waals surface area contributed by atoms with E-state index >= 15 is 4.79 Å². The molecule has 0 spiro atoms. The van der Waals surface area contributed by atoms with E-state index in [1.807, 2.05) is 74.2 Å². The van der Waals surface area contributed by atoms with Crippen molar-refractivity contribution in [1.82, 2.24) is 24.8 Å². The maximum Gasteiger partial charge on any atom is 0.259 e. The summed E-state index contributed by atoms with van der Waals surface area (Å²) in [6, 6.07) is 15.4. The Labute approximate surface area is 350 Å². The van der Waals surface area contributed by atoms with Crippen LogP contribution >= 0.6 is 0 Å². The molecule has 2 aromatic carbocycles. The lowest BCUT2D eigenvalue weighted by Crippen LogP contribution is -2.57. The summed E-state index contributed by atoms with van der Waals surface area (Å²) < 4.78 is 40.2. The lowest BCUT2D eigenvalue weighted by atomic mass is 9.77. The molecule has 3 unspecified atom stereocenters. The summed E-state index contributed by atoms with van der Waals surface area (Å²) in [5, 5.41) is 2.90. The highest BCUT2D eigenvalue weighted by Gasteiger charge is 2.62. The number of Topliss-reactive ketones (excluding diaryl/α,β-unsaturated/α-hetero) is 1. The molecule has 60 heavy (non-hydrogen) atoms. The molecule has 15 heteroatoms. The maximum absolute atomic E-state index is 15.0. The van der Waals surface area contributed by atoms with Gasteiger partial charge in [-0.05, 0) is 49.7 Å². The third-order valence-electron chi connectivity index (χ3n) is 13.0. The van der Waals surface area contributed by atoms with Crippen LogP contribution in [0.15, 0.2) is 67.3 Å². The average Bonchev–Trinajstić information content (AvgIpc) is 4.13. The molecule has 8 rings (SSSR count). The molecule has 4 heterocycles. The number of aromatic nitrogens is 1. The summed E-state index contributed by atoms with van der Waals surface area (Å²) in [6.45, 7) is 9.47. The Morgan fingerprint density at radius 2 is 1.72 bits per heavy atom. The lowest BCUT2D eigenvalue weighted by molar-refractivity contribution is -0.150. The van der Waals surface area contributed by atoms with Crippen LogP contribution in [0.25, 0.3) is 22.2 Å². The van der Waals surface area contributed by atoms with Gasteiger partial charge in [0.1, 0.15) is 35.0 Å². The van der Waals surface area contributed by atoms with Gasteiger partial charge in [-0.25, -0.2) is 13.4 Å². The molecule has 14 nitrogen and oxygen atoms in total. The molecule has 4 amide bonds. The van der Waals surface area contributed by atoms with Gasteiger partial charge in [-0.3, -0.25) is 28.7 Å². The van der Waals surface area contributed by atoms with E-state index in [9.17, 15) is 27.6 Å². The maximum atomic E-state index is 15.0. The molecule has 2 aliphatic carbocycles. The van der Waals surface area contributed by atoms with E-state index in [4.69, 9.17) is 14.5 Å². The molecule has 7 atom stereocenters. The Kier molecular flexibility index (Phi) is 10.8. The second kappa shape index (κ2) is 15.6. The van der Waals surface area contributed by atoms with Crippen molar-refractivity contribution in [2.45, 2.75) is 114 Å². The number of hydrogen-bond acceptors (Lipinski definition) is 10. The van der Waals surface area contributed by atoms with Gasteiger partial charge in [-0.2, -0.15) is 0 Å². The summed E-state index contributed by atoms with van der Waals surface area (Å²) in [7, 11) is -2.35. The average molecular weight is 840 g/mol. The number of ketones is 1. The normalized spacial score (nSPS) is 26.7. The van der Waals surface area contributed by atoms with Gasteiger partial charge >= 0.3 is 0 Å². The van der Waals surface area contributed by atoms with E-state index in [-0.39, 0.29) is 49.6 Å². The van der Waals surface area contributed by atoms with E-state index < -0.39 is 67.9 Å². The number of piperidine rings is 1. The number of methoxy groups -OCH3 is 1.